The topological polar surface area (TPSA) is 66.0 Å². The third-order valence-corrected chi connectivity index (χ3v) is 6.29. The monoisotopic (exact) mass is 558 g/mol. The van der Waals surface area contributed by atoms with Crippen molar-refractivity contribution in [3.05, 3.63) is 35.4 Å². The van der Waals surface area contributed by atoms with Gasteiger partial charge in [-0.15, -0.1) is 24.0 Å². The van der Waals surface area contributed by atoms with Gasteiger partial charge in [0, 0.05) is 45.0 Å². The number of rotatable bonds is 12. The molecule has 1 aromatic rings. The summed E-state index contributed by atoms with van der Waals surface area (Å²) in [7, 11) is 0. The molecule has 1 aromatic carbocycles. The predicted octanol–water partition coefficient (Wildman–Crippen LogP) is 4.83. The first-order chi connectivity index (χ1) is 15.1. The number of amides is 1. The van der Waals surface area contributed by atoms with Crippen LogP contribution in [0.4, 0.5) is 0 Å². The lowest BCUT2D eigenvalue weighted by atomic mass is 9.83. The van der Waals surface area contributed by atoms with Gasteiger partial charge in [0.25, 0.3) is 5.91 Å². The maximum Gasteiger partial charge on any atom is 0.253 e. The fourth-order valence-corrected chi connectivity index (χ4v) is 4.30. The smallest absolute Gasteiger partial charge is 0.253 e. The van der Waals surface area contributed by atoms with Gasteiger partial charge >= 0.3 is 0 Å². The lowest BCUT2D eigenvalue weighted by Gasteiger charge is -2.30. The Morgan fingerprint density at radius 2 is 1.72 bits per heavy atom. The second kappa shape index (κ2) is 15.5. The van der Waals surface area contributed by atoms with Crippen molar-refractivity contribution < 1.29 is 9.53 Å². The standard InChI is InChI=1S/C25H42N4O2.HI/c1-5-26-24(28-20-25(15-9-10-16-25)17-18-31-8-4)27-19-21-11-13-22(14-12-21)23(30)29(6-2)7-3;/h11-14H,5-10,15-20H2,1-4H3,(H2,26,27,28);1H. The Bertz CT molecular complexity index is 684. The number of aliphatic imine (C=N–C) groups is 1. The molecule has 2 N–H and O–H groups in total. The van der Waals surface area contributed by atoms with Crippen LogP contribution in [-0.4, -0.2) is 56.2 Å². The number of hydrogen-bond donors (Lipinski definition) is 2. The molecule has 32 heavy (non-hydrogen) atoms. The molecule has 1 aliphatic carbocycles. The molecule has 0 spiro atoms. The third kappa shape index (κ3) is 8.89. The number of carbonyl (C=O) groups is 1. The fourth-order valence-electron chi connectivity index (χ4n) is 4.30. The molecule has 0 bridgehead atoms. The first kappa shape index (κ1) is 28.7. The number of hydrogen-bond acceptors (Lipinski definition) is 3. The summed E-state index contributed by atoms with van der Waals surface area (Å²) in [6.45, 7) is 13.6. The summed E-state index contributed by atoms with van der Waals surface area (Å²) >= 11 is 0. The van der Waals surface area contributed by atoms with Crippen LogP contribution >= 0.6 is 24.0 Å². The van der Waals surface area contributed by atoms with Gasteiger partial charge in [-0.2, -0.15) is 0 Å². The summed E-state index contributed by atoms with van der Waals surface area (Å²) in [4.78, 5) is 19.1. The molecule has 0 aliphatic heterocycles. The van der Waals surface area contributed by atoms with Crippen molar-refractivity contribution in [2.45, 2.75) is 66.3 Å². The zero-order chi connectivity index (χ0) is 22.5. The summed E-state index contributed by atoms with van der Waals surface area (Å²) in [6.07, 6.45) is 6.23. The fraction of sp³-hybridized carbons (Fsp3) is 0.680. The maximum absolute atomic E-state index is 12.5. The van der Waals surface area contributed by atoms with E-state index in [9.17, 15) is 4.79 Å². The second-order valence-corrected chi connectivity index (χ2v) is 8.38. The SMILES string of the molecule is CCNC(=NCc1ccc(C(=O)N(CC)CC)cc1)NCC1(CCOCC)CCCC1.I. The van der Waals surface area contributed by atoms with Crippen LogP contribution < -0.4 is 10.6 Å². The lowest BCUT2D eigenvalue weighted by molar-refractivity contribution is 0.0773. The van der Waals surface area contributed by atoms with Gasteiger partial charge < -0.3 is 20.3 Å². The molecule has 1 fully saturated rings. The summed E-state index contributed by atoms with van der Waals surface area (Å²) in [5, 5.41) is 6.95. The number of ether oxygens (including phenoxy) is 1. The first-order valence-corrected chi connectivity index (χ1v) is 12.1. The highest BCUT2D eigenvalue weighted by molar-refractivity contribution is 14.0. The quantitative estimate of drug-likeness (QED) is 0.167. The highest BCUT2D eigenvalue weighted by Gasteiger charge is 2.33. The molecule has 0 atom stereocenters. The zero-order valence-corrected chi connectivity index (χ0v) is 22.7. The van der Waals surface area contributed by atoms with E-state index in [1.807, 2.05) is 43.0 Å². The molecule has 6 nitrogen and oxygen atoms in total. The largest absolute Gasteiger partial charge is 0.382 e. The van der Waals surface area contributed by atoms with E-state index in [1.54, 1.807) is 0 Å². The van der Waals surface area contributed by atoms with E-state index >= 15 is 0 Å². The minimum atomic E-state index is 0. The van der Waals surface area contributed by atoms with Gasteiger partial charge in [-0.05, 0) is 70.1 Å². The van der Waals surface area contributed by atoms with E-state index in [4.69, 9.17) is 9.73 Å². The Labute approximate surface area is 212 Å². The molecule has 7 heteroatoms. The number of halogens is 1. The van der Waals surface area contributed by atoms with Crippen molar-refractivity contribution in [3.63, 3.8) is 0 Å². The molecule has 0 aromatic heterocycles. The van der Waals surface area contributed by atoms with Crippen LogP contribution in [0.2, 0.25) is 0 Å². The molecule has 0 unspecified atom stereocenters. The molecular formula is C25H43IN4O2. The van der Waals surface area contributed by atoms with Gasteiger partial charge in [0.05, 0.1) is 6.54 Å². The summed E-state index contributed by atoms with van der Waals surface area (Å²) < 4.78 is 5.63. The molecule has 0 saturated heterocycles. The normalized spacial score (nSPS) is 15.2. The van der Waals surface area contributed by atoms with Crippen molar-refractivity contribution in [3.8, 4) is 0 Å². The van der Waals surface area contributed by atoms with Crippen molar-refractivity contribution in [1.29, 1.82) is 0 Å². The van der Waals surface area contributed by atoms with E-state index < -0.39 is 0 Å². The molecule has 2 rings (SSSR count). The van der Waals surface area contributed by atoms with Crippen LogP contribution in [-0.2, 0) is 11.3 Å². The minimum absolute atomic E-state index is 0. The molecule has 182 valence electrons. The maximum atomic E-state index is 12.5. The van der Waals surface area contributed by atoms with Gasteiger partial charge in [-0.25, -0.2) is 4.99 Å². The number of guanidine groups is 1. The molecule has 0 radical (unpaired) electrons. The van der Waals surface area contributed by atoms with Gasteiger partial charge in [0.2, 0.25) is 0 Å². The second-order valence-electron chi connectivity index (χ2n) is 8.38. The Hall–Kier alpha value is -1.35. The third-order valence-electron chi connectivity index (χ3n) is 6.29. The Morgan fingerprint density at radius 1 is 1.06 bits per heavy atom. The Morgan fingerprint density at radius 3 is 2.28 bits per heavy atom. The van der Waals surface area contributed by atoms with Crippen LogP contribution in [0.5, 0.6) is 0 Å². The predicted molar refractivity (Wildman–Crippen MR) is 144 cm³/mol. The van der Waals surface area contributed by atoms with E-state index in [-0.39, 0.29) is 29.9 Å². The van der Waals surface area contributed by atoms with Crippen LogP contribution in [0.3, 0.4) is 0 Å². The first-order valence-electron chi connectivity index (χ1n) is 12.1. The van der Waals surface area contributed by atoms with Crippen molar-refractivity contribution in [2.24, 2.45) is 10.4 Å². The lowest BCUT2D eigenvalue weighted by Crippen LogP contribution is -2.43. The number of nitrogens with one attached hydrogen (secondary N) is 2. The summed E-state index contributed by atoms with van der Waals surface area (Å²) in [5.74, 6) is 0.942. The molecule has 1 amide bonds. The van der Waals surface area contributed by atoms with E-state index in [0.717, 1.165) is 62.9 Å². The van der Waals surface area contributed by atoms with E-state index in [1.165, 1.54) is 25.7 Å². The van der Waals surface area contributed by atoms with E-state index in [0.29, 0.717) is 12.0 Å². The highest BCUT2D eigenvalue weighted by atomic mass is 127. The zero-order valence-electron chi connectivity index (χ0n) is 20.4. The minimum Gasteiger partial charge on any atom is -0.382 e. The summed E-state index contributed by atoms with van der Waals surface area (Å²) in [5.41, 5.74) is 2.15. The van der Waals surface area contributed by atoms with Gasteiger partial charge in [-0.1, -0.05) is 25.0 Å². The highest BCUT2D eigenvalue weighted by Crippen LogP contribution is 2.40. The average molecular weight is 559 g/mol. The van der Waals surface area contributed by atoms with Crippen LogP contribution in [0.15, 0.2) is 29.3 Å². The molecule has 1 aliphatic rings. The van der Waals surface area contributed by atoms with Gasteiger partial charge in [-0.3, -0.25) is 4.79 Å². The molecule has 1 saturated carbocycles. The Balaban J connectivity index is 0.00000512. The Kier molecular flexibility index (Phi) is 13.9. The van der Waals surface area contributed by atoms with Crippen LogP contribution in [0.1, 0.15) is 75.7 Å². The number of benzene rings is 1. The average Bonchev–Trinajstić information content (AvgIpc) is 3.26. The molecular weight excluding hydrogens is 515 g/mol. The summed E-state index contributed by atoms with van der Waals surface area (Å²) in [6, 6.07) is 7.83. The van der Waals surface area contributed by atoms with Gasteiger partial charge in [0.15, 0.2) is 5.96 Å². The van der Waals surface area contributed by atoms with Crippen molar-refractivity contribution in [2.75, 3.05) is 39.4 Å². The van der Waals surface area contributed by atoms with Crippen LogP contribution in [0.25, 0.3) is 0 Å². The van der Waals surface area contributed by atoms with Crippen LogP contribution in [0, 0.1) is 5.41 Å². The van der Waals surface area contributed by atoms with Gasteiger partial charge in [0.1, 0.15) is 0 Å². The van der Waals surface area contributed by atoms with Crippen molar-refractivity contribution in [1.82, 2.24) is 15.5 Å². The number of carbonyl (C=O) groups excluding carboxylic acids is 1. The van der Waals surface area contributed by atoms with E-state index in [2.05, 4.69) is 24.5 Å². The van der Waals surface area contributed by atoms with Crippen molar-refractivity contribution >= 4 is 35.8 Å². The number of nitrogens with zero attached hydrogens (tertiary/aromatic N) is 2. The molecule has 0 heterocycles.